The van der Waals surface area contributed by atoms with Crippen LogP contribution in [-0.2, 0) is 17.9 Å². The second-order valence-electron chi connectivity index (χ2n) is 5.17. The minimum atomic E-state index is -0.979. The Morgan fingerprint density at radius 2 is 1.96 bits per heavy atom. The van der Waals surface area contributed by atoms with Gasteiger partial charge in [0.25, 0.3) is 0 Å². The van der Waals surface area contributed by atoms with Crippen LogP contribution < -0.4 is 14.8 Å². The van der Waals surface area contributed by atoms with Crippen molar-refractivity contribution in [3.8, 4) is 11.5 Å². The van der Waals surface area contributed by atoms with Gasteiger partial charge in [0.15, 0.2) is 0 Å². The molecule has 2 aromatic carbocycles. The first-order chi connectivity index (χ1) is 11.7. The summed E-state index contributed by atoms with van der Waals surface area (Å²) in [7, 11) is 3.23. The molecule has 0 heterocycles. The molecule has 0 bridgehead atoms. The lowest BCUT2D eigenvalue weighted by Crippen LogP contribution is -2.17. The molecule has 2 rings (SSSR count). The molecular formula is C18H20FNO4. The van der Waals surface area contributed by atoms with Gasteiger partial charge in [-0.05, 0) is 36.7 Å². The highest BCUT2D eigenvalue weighted by atomic mass is 19.3. The standard InChI is InChI=1S/C18H20FNO4/c1-22-16-7-6-15(17(11-16)23-2)12-20-9-8-13-4-3-5-14(10-13)18(21)24-19/h3-7,10-11,20H,8-9,12H2,1-2H3. The predicted molar refractivity (Wildman–Crippen MR) is 87.9 cm³/mol. The maximum atomic E-state index is 11.9. The minimum Gasteiger partial charge on any atom is -0.497 e. The number of hydrogen-bond donors (Lipinski definition) is 1. The summed E-state index contributed by atoms with van der Waals surface area (Å²) in [6.45, 7) is 1.34. The largest absolute Gasteiger partial charge is 0.497 e. The van der Waals surface area contributed by atoms with Gasteiger partial charge in [-0.2, -0.15) is 0 Å². The molecule has 0 unspecified atom stereocenters. The lowest BCUT2D eigenvalue weighted by Gasteiger charge is -2.11. The van der Waals surface area contributed by atoms with E-state index in [1.165, 1.54) is 6.07 Å². The van der Waals surface area contributed by atoms with Crippen molar-refractivity contribution in [1.29, 1.82) is 0 Å². The quantitative estimate of drug-likeness (QED) is 0.753. The number of methoxy groups -OCH3 is 2. The lowest BCUT2D eigenvalue weighted by molar-refractivity contribution is -0.0788. The van der Waals surface area contributed by atoms with Crippen LogP contribution in [0.1, 0.15) is 21.5 Å². The molecule has 128 valence electrons. The molecular weight excluding hydrogens is 313 g/mol. The monoisotopic (exact) mass is 333 g/mol. The molecule has 0 saturated carbocycles. The Balaban J connectivity index is 1.88. The van der Waals surface area contributed by atoms with Crippen molar-refractivity contribution in [2.24, 2.45) is 0 Å². The minimum absolute atomic E-state index is 0.201. The zero-order valence-electron chi connectivity index (χ0n) is 13.7. The van der Waals surface area contributed by atoms with E-state index in [1.54, 1.807) is 26.4 Å². The molecule has 0 saturated heterocycles. The molecule has 0 fully saturated rings. The molecule has 24 heavy (non-hydrogen) atoms. The summed E-state index contributed by atoms with van der Waals surface area (Å²) in [6.07, 6.45) is 0.700. The molecule has 0 radical (unpaired) electrons. The Bertz CT molecular complexity index is 690. The topological polar surface area (TPSA) is 56.8 Å². The van der Waals surface area contributed by atoms with Gasteiger partial charge in [0.1, 0.15) is 11.5 Å². The van der Waals surface area contributed by atoms with Crippen LogP contribution in [0.15, 0.2) is 42.5 Å². The highest BCUT2D eigenvalue weighted by Crippen LogP contribution is 2.24. The molecule has 2 aromatic rings. The van der Waals surface area contributed by atoms with Crippen LogP contribution in [0, 0.1) is 0 Å². The van der Waals surface area contributed by atoms with E-state index in [4.69, 9.17) is 9.47 Å². The highest BCUT2D eigenvalue weighted by molar-refractivity contribution is 5.89. The van der Waals surface area contributed by atoms with Crippen LogP contribution in [0.2, 0.25) is 0 Å². The predicted octanol–water partition coefficient (Wildman–Crippen LogP) is 3.08. The maximum Gasteiger partial charge on any atom is 0.379 e. The maximum absolute atomic E-state index is 11.9. The molecule has 0 atom stereocenters. The van der Waals surface area contributed by atoms with E-state index in [0.29, 0.717) is 19.5 Å². The fourth-order valence-corrected chi connectivity index (χ4v) is 2.35. The first-order valence-electron chi connectivity index (χ1n) is 7.51. The Morgan fingerprint density at radius 1 is 1.12 bits per heavy atom. The molecule has 1 N–H and O–H groups in total. The zero-order chi connectivity index (χ0) is 17.4. The van der Waals surface area contributed by atoms with E-state index < -0.39 is 5.97 Å². The number of benzene rings is 2. The van der Waals surface area contributed by atoms with Crippen LogP contribution in [0.3, 0.4) is 0 Å². The number of nitrogens with one attached hydrogen (secondary N) is 1. The van der Waals surface area contributed by atoms with Crippen molar-refractivity contribution < 1.29 is 23.7 Å². The summed E-state index contributed by atoms with van der Waals surface area (Å²) in [4.78, 5) is 14.4. The molecule has 0 aliphatic rings. The number of hydrogen-bond acceptors (Lipinski definition) is 5. The number of carbonyl (C=O) groups is 1. The van der Waals surface area contributed by atoms with Crippen LogP contribution in [0.5, 0.6) is 11.5 Å². The Morgan fingerprint density at radius 3 is 2.67 bits per heavy atom. The van der Waals surface area contributed by atoms with Crippen molar-refractivity contribution in [2.75, 3.05) is 20.8 Å². The van der Waals surface area contributed by atoms with Crippen LogP contribution in [0.4, 0.5) is 4.53 Å². The van der Waals surface area contributed by atoms with Gasteiger partial charge < -0.3 is 14.8 Å². The van der Waals surface area contributed by atoms with Gasteiger partial charge in [-0.1, -0.05) is 18.2 Å². The number of carbonyl (C=O) groups excluding carboxylic acids is 1. The average Bonchev–Trinajstić information content (AvgIpc) is 2.64. The van der Waals surface area contributed by atoms with Crippen LogP contribution >= 0.6 is 0 Å². The fraction of sp³-hybridized carbons (Fsp3) is 0.278. The van der Waals surface area contributed by atoms with Gasteiger partial charge in [0.05, 0.1) is 19.8 Å². The SMILES string of the molecule is COc1ccc(CNCCc2cccc(C(=O)OF)c2)c(OC)c1. The molecule has 6 heteroatoms. The molecule has 5 nitrogen and oxygen atoms in total. The Kier molecular flexibility index (Phi) is 6.57. The molecule has 0 aliphatic carbocycles. The van der Waals surface area contributed by atoms with Crippen molar-refractivity contribution >= 4 is 5.97 Å². The Hall–Kier alpha value is -2.60. The number of halogens is 1. The van der Waals surface area contributed by atoms with Gasteiger partial charge in [-0.3, -0.25) is 0 Å². The van der Waals surface area contributed by atoms with Crippen LogP contribution in [0.25, 0.3) is 0 Å². The molecule has 0 aromatic heterocycles. The van der Waals surface area contributed by atoms with Gasteiger partial charge in [0, 0.05) is 22.7 Å². The first-order valence-corrected chi connectivity index (χ1v) is 7.51. The summed E-state index contributed by atoms with van der Waals surface area (Å²) in [5.74, 6) is 0.523. The van der Waals surface area contributed by atoms with Gasteiger partial charge in [-0.25, -0.2) is 9.74 Å². The zero-order valence-corrected chi connectivity index (χ0v) is 13.7. The number of rotatable bonds is 8. The lowest BCUT2D eigenvalue weighted by atomic mass is 10.1. The Labute approximate surface area is 140 Å². The van der Waals surface area contributed by atoms with Crippen molar-refractivity contribution in [2.45, 2.75) is 13.0 Å². The summed E-state index contributed by atoms with van der Waals surface area (Å²) in [5, 5.41) is 3.31. The third-order valence-corrected chi connectivity index (χ3v) is 3.63. The van der Waals surface area contributed by atoms with E-state index in [2.05, 4.69) is 10.3 Å². The third kappa shape index (κ3) is 4.70. The van der Waals surface area contributed by atoms with Gasteiger partial charge in [-0.15, -0.1) is 0 Å². The van der Waals surface area contributed by atoms with Crippen molar-refractivity contribution in [3.63, 3.8) is 0 Å². The normalized spacial score (nSPS) is 10.3. The van der Waals surface area contributed by atoms with Crippen molar-refractivity contribution in [3.05, 3.63) is 59.2 Å². The highest BCUT2D eigenvalue weighted by Gasteiger charge is 2.08. The molecule has 0 spiro atoms. The van der Waals surface area contributed by atoms with E-state index in [1.807, 2.05) is 24.3 Å². The van der Waals surface area contributed by atoms with Gasteiger partial charge >= 0.3 is 5.97 Å². The summed E-state index contributed by atoms with van der Waals surface area (Å²) >= 11 is 0. The molecule has 0 aliphatic heterocycles. The average molecular weight is 333 g/mol. The third-order valence-electron chi connectivity index (χ3n) is 3.63. The first kappa shape index (κ1) is 17.7. The second-order valence-corrected chi connectivity index (χ2v) is 5.17. The second kappa shape index (κ2) is 8.88. The smallest absolute Gasteiger partial charge is 0.379 e. The summed E-state index contributed by atoms with van der Waals surface area (Å²) in [5.41, 5.74) is 2.15. The molecule has 0 amide bonds. The van der Waals surface area contributed by atoms with Crippen molar-refractivity contribution in [1.82, 2.24) is 5.32 Å². The van der Waals surface area contributed by atoms with Gasteiger partial charge in [0.2, 0.25) is 0 Å². The van der Waals surface area contributed by atoms with Crippen LogP contribution in [-0.4, -0.2) is 26.7 Å². The number of ether oxygens (including phenoxy) is 2. The summed E-state index contributed by atoms with van der Waals surface area (Å²) in [6, 6.07) is 12.4. The fourth-order valence-electron chi connectivity index (χ4n) is 2.35. The van der Waals surface area contributed by atoms with E-state index in [-0.39, 0.29) is 5.56 Å². The van der Waals surface area contributed by atoms with E-state index in [9.17, 15) is 9.32 Å². The summed E-state index contributed by atoms with van der Waals surface area (Å²) < 4.78 is 22.5. The van der Waals surface area contributed by atoms with E-state index in [0.717, 1.165) is 22.6 Å². The van der Waals surface area contributed by atoms with E-state index >= 15 is 0 Å².